The molecule has 2 aromatic heterocycles. The van der Waals surface area contributed by atoms with Crippen LogP contribution in [0.25, 0.3) is 5.69 Å². The van der Waals surface area contributed by atoms with Gasteiger partial charge in [-0.25, -0.2) is 17.4 Å². The summed E-state index contributed by atoms with van der Waals surface area (Å²) in [7, 11) is -2.99. The van der Waals surface area contributed by atoms with E-state index in [2.05, 4.69) is 10.1 Å². The Hall–Kier alpha value is -2.18. The van der Waals surface area contributed by atoms with E-state index in [1.165, 1.54) is 9.58 Å². The van der Waals surface area contributed by atoms with Gasteiger partial charge in [0.25, 0.3) is 0 Å². The van der Waals surface area contributed by atoms with Gasteiger partial charge in [0.2, 0.25) is 15.9 Å². The Morgan fingerprint density at radius 1 is 1.33 bits per heavy atom. The highest BCUT2D eigenvalue weighted by Gasteiger charge is 2.31. The summed E-state index contributed by atoms with van der Waals surface area (Å²) in [5.74, 6) is -1.51. The summed E-state index contributed by atoms with van der Waals surface area (Å²) in [6.45, 7) is 1.69. The average Bonchev–Trinajstić information content (AvgIpc) is 3.07. The van der Waals surface area contributed by atoms with Crippen molar-refractivity contribution in [3.05, 3.63) is 35.9 Å². The minimum absolute atomic E-state index is 0.0696. The first-order valence-corrected chi connectivity index (χ1v) is 10.9. The largest absolute Gasteiger partial charge is 0.390 e. The van der Waals surface area contributed by atoms with Crippen molar-refractivity contribution in [3.63, 3.8) is 0 Å². The van der Waals surface area contributed by atoms with Crippen molar-refractivity contribution < 1.29 is 26.4 Å². The molecule has 0 saturated heterocycles. The van der Waals surface area contributed by atoms with Crippen molar-refractivity contribution in [3.8, 4) is 5.69 Å². The minimum atomic E-state index is -4.58. The molecule has 2 heterocycles. The molecule has 0 spiro atoms. The third-order valence-electron chi connectivity index (χ3n) is 4.23. The average molecular weight is 468 g/mol. The van der Waals surface area contributed by atoms with Gasteiger partial charge < -0.3 is 4.90 Å². The first kappa shape index (κ1) is 24.1. The zero-order chi connectivity index (χ0) is 22.5. The van der Waals surface area contributed by atoms with E-state index in [0.717, 1.165) is 11.4 Å². The highest BCUT2D eigenvalue weighted by molar-refractivity contribution is 7.89. The lowest BCUT2D eigenvalue weighted by molar-refractivity contribution is -0.130. The van der Waals surface area contributed by atoms with Crippen LogP contribution in [-0.2, 0) is 14.8 Å². The summed E-state index contributed by atoms with van der Waals surface area (Å²) in [5.41, 5.74) is 0.959. The predicted octanol–water partition coefficient (Wildman–Crippen LogP) is 2.88. The summed E-state index contributed by atoms with van der Waals surface area (Å²) in [6.07, 6.45) is -1.55. The van der Waals surface area contributed by atoms with Crippen LogP contribution in [0.4, 0.5) is 18.9 Å². The molecule has 1 amide bonds. The summed E-state index contributed by atoms with van der Waals surface area (Å²) < 4.78 is 63.0. The number of nitrogens with zero attached hydrogens (tertiary/aromatic N) is 5. The lowest BCUT2D eigenvalue weighted by Crippen LogP contribution is -2.36. The SMILES string of the molecule is CCN(C(=O)CCN(C)S(=O)(=O)CCC(F)(F)F)c1cn(-c2cccnc2)nc1Cl. The molecule has 0 fully saturated rings. The molecular weight excluding hydrogens is 447 g/mol. The summed E-state index contributed by atoms with van der Waals surface area (Å²) in [6, 6.07) is 3.46. The number of amides is 1. The number of sulfonamides is 1. The molecule has 0 aliphatic rings. The smallest absolute Gasteiger partial charge is 0.308 e. The lowest BCUT2D eigenvalue weighted by atomic mass is 10.3. The van der Waals surface area contributed by atoms with Crippen LogP contribution < -0.4 is 4.90 Å². The first-order chi connectivity index (χ1) is 13.9. The van der Waals surface area contributed by atoms with Crippen molar-refractivity contribution in [1.29, 1.82) is 0 Å². The number of halogens is 4. The zero-order valence-corrected chi connectivity index (χ0v) is 17.9. The van der Waals surface area contributed by atoms with Crippen LogP contribution in [-0.4, -0.2) is 65.5 Å². The number of carbonyl (C=O) groups excluding carboxylic acids is 1. The molecule has 0 atom stereocenters. The van der Waals surface area contributed by atoms with Crippen molar-refractivity contribution in [1.82, 2.24) is 19.1 Å². The second-order valence-electron chi connectivity index (χ2n) is 6.35. The molecule has 0 saturated carbocycles. The van der Waals surface area contributed by atoms with Gasteiger partial charge in [-0.1, -0.05) is 11.6 Å². The third kappa shape index (κ3) is 6.41. The first-order valence-electron chi connectivity index (χ1n) is 8.91. The van der Waals surface area contributed by atoms with Crippen LogP contribution >= 0.6 is 11.6 Å². The fraction of sp³-hybridized carbons (Fsp3) is 0.471. The van der Waals surface area contributed by atoms with Gasteiger partial charge in [-0.15, -0.1) is 0 Å². The molecule has 13 heteroatoms. The van der Waals surface area contributed by atoms with Gasteiger partial charge in [0.15, 0.2) is 5.15 Å². The number of hydrogen-bond acceptors (Lipinski definition) is 5. The van der Waals surface area contributed by atoms with Crippen LogP contribution in [0, 0.1) is 0 Å². The number of alkyl halides is 3. The van der Waals surface area contributed by atoms with E-state index in [-0.39, 0.29) is 24.7 Å². The summed E-state index contributed by atoms with van der Waals surface area (Å²) in [5, 5.41) is 4.22. The van der Waals surface area contributed by atoms with Crippen molar-refractivity contribution in [2.75, 3.05) is 30.8 Å². The Morgan fingerprint density at radius 2 is 2.03 bits per heavy atom. The van der Waals surface area contributed by atoms with Gasteiger partial charge >= 0.3 is 6.18 Å². The van der Waals surface area contributed by atoms with Gasteiger partial charge in [-0.05, 0) is 19.1 Å². The second-order valence-corrected chi connectivity index (χ2v) is 8.91. The van der Waals surface area contributed by atoms with Crippen LogP contribution in [0.3, 0.4) is 0 Å². The molecule has 30 heavy (non-hydrogen) atoms. The van der Waals surface area contributed by atoms with E-state index in [1.807, 2.05) is 0 Å². The molecule has 0 aliphatic heterocycles. The standard InChI is InChI=1S/C17H21ClF3N5O3S/c1-3-25(14-12-26(23-16(14)18)13-5-4-8-22-11-13)15(27)6-9-24(2)30(28,29)10-7-17(19,20)21/h4-5,8,11-12H,3,6-7,9-10H2,1-2H3. The van der Waals surface area contributed by atoms with Gasteiger partial charge in [0, 0.05) is 32.8 Å². The molecule has 166 valence electrons. The molecule has 8 nitrogen and oxygen atoms in total. The second kappa shape index (κ2) is 9.75. The van der Waals surface area contributed by atoms with E-state index in [1.54, 1.807) is 37.6 Å². The Morgan fingerprint density at radius 3 is 2.60 bits per heavy atom. The van der Waals surface area contributed by atoms with E-state index in [9.17, 15) is 26.4 Å². The highest BCUT2D eigenvalue weighted by Crippen LogP contribution is 2.26. The maximum absolute atomic E-state index is 12.6. The number of rotatable bonds is 9. The zero-order valence-electron chi connectivity index (χ0n) is 16.3. The van der Waals surface area contributed by atoms with Crippen LogP contribution in [0.2, 0.25) is 5.15 Å². The normalized spacial score (nSPS) is 12.4. The quantitative estimate of drug-likeness (QED) is 0.566. The van der Waals surface area contributed by atoms with Crippen LogP contribution in [0.5, 0.6) is 0 Å². The number of anilines is 1. The Bertz CT molecular complexity index is 967. The van der Waals surface area contributed by atoms with Crippen molar-refractivity contribution >= 4 is 33.2 Å². The van der Waals surface area contributed by atoms with E-state index >= 15 is 0 Å². The monoisotopic (exact) mass is 467 g/mol. The topological polar surface area (TPSA) is 88.4 Å². The number of aromatic nitrogens is 3. The van der Waals surface area contributed by atoms with E-state index in [0.29, 0.717) is 11.4 Å². The van der Waals surface area contributed by atoms with Gasteiger partial charge in [-0.2, -0.15) is 18.3 Å². The molecular formula is C17H21ClF3N5O3S. The van der Waals surface area contributed by atoms with Crippen LogP contribution in [0.15, 0.2) is 30.7 Å². The summed E-state index contributed by atoms with van der Waals surface area (Å²) >= 11 is 6.17. The third-order valence-corrected chi connectivity index (χ3v) is 6.35. The van der Waals surface area contributed by atoms with Gasteiger partial charge in [0.1, 0.15) is 5.69 Å². The van der Waals surface area contributed by atoms with Crippen LogP contribution in [0.1, 0.15) is 19.8 Å². The van der Waals surface area contributed by atoms with E-state index < -0.39 is 34.3 Å². The summed E-state index contributed by atoms with van der Waals surface area (Å²) in [4.78, 5) is 18.0. The Kier molecular flexibility index (Phi) is 7.83. The van der Waals surface area contributed by atoms with E-state index in [4.69, 9.17) is 11.6 Å². The number of hydrogen-bond donors (Lipinski definition) is 0. The maximum atomic E-state index is 12.6. The Balaban J connectivity index is 2.06. The molecule has 2 rings (SSSR count). The number of pyridine rings is 1. The maximum Gasteiger partial charge on any atom is 0.390 e. The molecule has 0 N–H and O–H groups in total. The fourth-order valence-corrected chi connectivity index (χ4v) is 3.96. The van der Waals surface area contributed by atoms with Crippen molar-refractivity contribution in [2.45, 2.75) is 25.9 Å². The highest BCUT2D eigenvalue weighted by atomic mass is 35.5. The minimum Gasteiger partial charge on any atom is -0.308 e. The fourth-order valence-electron chi connectivity index (χ4n) is 2.56. The number of carbonyl (C=O) groups is 1. The molecule has 0 aliphatic carbocycles. The van der Waals surface area contributed by atoms with Crippen molar-refractivity contribution in [2.24, 2.45) is 0 Å². The van der Waals surface area contributed by atoms with Gasteiger partial charge in [0.05, 0.1) is 30.3 Å². The molecule has 0 radical (unpaired) electrons. The van der Waals surface area contributed by atoms with Gasteiger partial charge in [-0.3, -0.25) is 9.78 Å². The molecule has 0 unspecified atom stereocenters. The molecule has 0 bridgehead atoms. The lowest BCUT2D eigenvalue weighted by Gasteiger charge is -2.22. The predicted molar refractivity (Wildman–Crippen MR) is 106 cm³/mol. The molecule has 0 aromatic carbocycles. The molecule has 2 aromatic rings. The Labute approximate surface area is 177 Å².